The zero-order chi connectivity index (χ0) is 13.8. The quantitative estimate of drug-likeness (QED) is 0.771. The van der Waals surface area contributed by atoms with Crippen molar-refractivity contribution in [2.45, 2.75) is 46.1 Å². The first kappa shape index (κ1) is 14.3. The molecule has 1 saturated heterocycles. The van der Waals surface area contributed by atoms with Crippen LogP contribution in [0.5, 0.6) is 0 Å². The van der Waals surface area contributed by atoms with Gasteiger partial charge in [-0.15, -0.1) is 0 Å². The van der Waals surface area contributed by atoms with Crippen LogP contribution in [-0.4, -0.2) is 29.8 Å². The largest absolute Gasteiger partial charge is 0.293 e. The van der Waals surface area contributed by atoms with Gasteiger partial charge in [0, 0.05) is 5.56 Å². The lowest BCUT2D eigenvalue weighted by Gasteiger charge is -2.34. The van der Waals surface area contributed by atoms with Gasteiger partial charge < -0.3 is 0 Å². The molecule has 2 heteroatoms. The highest BCUT2D eigenvalue weighted by Crippen LogP contribution is 2.20. The maximum absolute atomic E-state index is 12.5. The summed E-state index contributed by atoms with van der Waals surface area (Å²) >= 11 is 0. The highest BCUT2D eigenvalue weighted by molar-refractivity contribution is 5.99. The summed E-state index contributed by atoms with van der Waals surface area (Å²) in [4.78, 5) is 14.8. The number of piperidine rings is 1. The molecule has 104 valence electrons. The van der Waals surface area contributed by atoms with E-state index in [1.54, 1.807) is 0 Å². The Bertz CT molecular complexity index is 415. The fourth-order valence-corrected chi connectivity index (χ4v) is 2.73. The van der Waals surface area contributed by atoms with Crippen molar-refractivity contribution in [3.63, 3.8) is 0 Å². The summed E-state index contributed by atoms with van der Waals surface area (Å²) < 4.78 is 0. The molecule has 0 aromatic heterocycles. The van der Waals surface area contributed by atoms with Crippen LogP contribution in [0.15, 0.2) is 24.3 Å². The van der Waals surface area contributed by atoms with Crippen LogP contribution in [0, 0.1) is 5.92 Å². The highest BCUT2D eigenvalue weighted by atomic mass is 16.1. The Morgan fingerprint density at radius 2 is 1.84 bits per heavy atom. The second-order valence-corrected chi connectivity index (χ2v) is 5.81. The molecule has 0 aliphatic carbocycles. The van der Waals surface area contributed by atoms with Crippen molar-refractivity contribution in [3.05, 3.63) is 35.4 Å². The minimum absolute atomic E-state index is 0.0139. The molecule has 0 N–H and O–H groups in total. The molecule has 1 aliphatic rings. The summed E-state index contributed by atoms with van der Waals surface area (Å²) in [6.45, 7) is 8.59. The summed E-state index contributed by atoms with van der Waals surface area (Å²) in [5.74, 6) is 1.07. The summed E-state index contributed by atoms with van der Waals surface area (Å²) in [5.41, 5.74) is 2.14. The fourth-order valence-electron chi connectivity index (χ4n) is 2.73. The van der Waals surface area contributed by atoms with Crippen LogP contribution in [0.2, 0.25) is 0 Å². The van der Waals surface area contributed by atoms with Crippen molar-refractivity contribution >= 4 is 5.78 Å². The lowest BCUT2D eigenvalue weighted by Crippen LogP contribution is -2.43. The van der Waals surface area contributed by atoms with E-state index < -0.39 is 0 Å². The number of ketones is 1. The molecular formula is C17H25NO. The molecule has 0 amide bonds. The number of rotatable bonds is 4. The lowest BCUT2D eigenvalue weighted by molar-refractivity contribution is 0.0779. The van der Waals surface area contributed by atoms with Gasteiger partial charge in [0.15, 0.2) is 5.78 Å². The van der Waals surface area contributed by atoms with Crippen molar-refractivity contribution in [2.24, 2.45) is 5.92 Å². The summed E-state index contributed by atoms with van der Waals surface area (Å²) in [6, 6.07) is 8.10. The molecule has 0 spiro atoms. The van der Waals surface area contributed by atoms with Gasteiger partial charge in [0.2, 0.25) is 0 Å². The Kier molecular flexibility index (Phi) is 4.76. The van der Waals surface area contributed by atoms with E-state index in [9.17, 15) is 4.79 Å². The van der Waals surface area contributed by atoms with E-state index in [-0.39, 0.29) is 11.8 Å². The molecule has 1 aromatic carbocycles. The zero-order valence-corrected chi connectivity index (χ0v) is 12.4. The molecule has 1 aromatic rings. The fraction of sp³-hybridized carbons (Fsp3) is 0.588. The Morgan fingerprint density at radius 1 is 1.26 bits per heavy atom. The molecule has 2 nitrogen and oxygen atoms in total. The summed E-state index contributed by atoms with van der Waals surface area (Å²) in [6.07, 6.45) is 3.45. The molecule has 1 unspecified atom stereocenters. The SMILES string of the molecule is CCc1ccc(C(=O)C(C)N2CCC(C)CC2)cc1. The second-order valence-electron chi connectivity index (χ2n) is 5.81. The lowest BCUT2D eigenvalue weighted by atomic mass is 9.95. The van der Waals surface area contributed by atoms with Crippen LogP contribution >= 0.6 is 0 Å². The average Bonchev–Trinajstić information content (AvgIpc) is 2.46. The molecule has 1 aliphatic heterocycles. The number of hydrogen-bond acceptors (Lipinski definition) is 2. The Morgan fingerprint density at radius 3 is 2.37 bits per heavy atom. The smallest absolute Gasteiger partial charge is 0.179 e. The normalized spacial score (nSPS) is 19.3. The van der Waals surface area contributed by atoms with Gasteiger partial charge in [0.1, 0.15) is 0 Å². The van der Waals surface area contributed by atoms with Gasteiger partial charge >= 0.3 is 0 Å². The van der Waals surface area contributed by atoms with E-state index >= 15 is 0 Å². The monoisotopic (exact) mass is 259 g/mol. The first-order valence-corrected chi connectivity index (χ1v) is 7.49. The molecule has 1 atom stereocenters. The third kappa shape index (κ3) is 3.44. The summed E-state index contributed by atoms with van der Waals surface area (Å²) in [7, 11) is 0. The van der Waals surface area contributed by atoms with Gasteiger partial charge in [-0.25, -0.2) is 0 Å². The maximum Gasteiger partial charge on any atom is 0.179 e. The van der Waals surface area contributed by atoms with E-state index in [1.165, 1.54) is 18.4 Å². The standard InChI is InChI=1S/C17H25NO/c1-4-15-5-7-16(8-6-15)17(19)14(3)18-11-9-13(2)10-12-18/h5-8,13-14H,4,9-12H2,1-3H3. The van der Waals surface area contributed by atoms with Gasteiger partial charge in [-0.05, 0) is 50.8 Å². The van der Waals surface area contributed by atoms with Crippen LogP contribution in [0.4, 0.5) is 0 Å². The first-order chi connectivity index (χ1) is 9.11. The Hall–Kier alpha value is -1.15. The average molecular weight is 259 g/mol. The van der Waals surface area contributed by atoms with Crippen LogP contribution in [0.25, 0.3) is 0 Å². The number of benzene rings is 1. The minimum atomic E-state index is 0.0139. The molecule has 1 fully saturated rings. The molecule has 0 saturated carbocycles. The number of nitrogens with zero attached hydrogens (tertiary/aromatic N) is 1. The molecule has 2 rings (SSSR count). The van der Waals surface area contributed by atoms with Crippen LogP contribution < -0.4 is 0 Å². The maximum atomic E-state index is 12.5. The third-order valence-corrected chi connectivity index (χ3v) is 4.39. The van der Waals surface area contributed by atoms with E-state index in [1.807, 2.05) is 19.1 Å². The number of carbonyl (C=O) groups excluding carboxylic acids is 1. The van der Waals surface area contributed by atoms with Gasteiger partial charge in [0.25, 0.3) is 0 Å². The predicted octanol–water partition coefficient (Wildman–Crippen LogP) is 3.55. The van der Waals surface area contributed by atoms with Gasteiger partial charge in [-0.2, -0.15) is 0 Å². The van der Waals surface area contributed by atoms with E-state index in [2.05, 4.69) is 30.9 Å². The zero-order valence-electron chi connectivity index (χ0n) is 12.4. The van der Waals surface area contributed by atoms with Crippen LogP contribution in [-0.2, 0) is 6.42 Å². The molecule has 19 heavy (non-hydrogen) atoms. The van der Waals surface area contributed by atoms with Crippen molar-refractivity contribution < 1.29 is 4.79 Å². The van der Waals surface area contributed by atoms with E-state index in [4.69, 9.17) is 0 Å². The molecular weight excluding hydrogens is 234 g/mol. The Labute approximate surface area is 116 Å². The minimum Gasteiger partial charge on any atom is -0.293 e. The Balaban J connectivity index is 2.01. The second kappa shape index (κ2) is 6.33. The highest BCUT2D eigenvalue weighted by Gasteiger charge is 2.25. The first-order valence-electron chi connectivity index (χ1n) is 7.49. The number of aryl methyl sites for hydroxylation is 1. The summed E-state index contributed by atoms with van der Waals surface area (Å²) in [5, 5.41) is 0. The van der Waals surface area contributed by atoms with Gasteiger partial charge in [0.05, 0.1) is 6.04 Å². The van der Waals surface area contributed by atoms with E-state index in [0.717, 1.165) is 31.0 Å². The van der Waals surface area contributed by atoms with Crippen LogP contribution in [0.1, 0.15) is 49.5 Å². The molecule has 1 heterocycles. The number of hydrogen-bond donors (Lipinski definition) is 0. The number of Topliss-reactive ketones (excluding diaryl/α,β-unsaturated/α-hetero) is 1. The van der Waals surface area contributed by atoms with Gasteiger partial charge in [-0.1, -0.05) is 38.1 Å². The van der Waals surface area contributed by atoms with Gasteiger partial charge in [-0.3, -0.25) is 9.69 Å². The van der Waals surface area contributed by atoms with Crippen molar-refractivity contribution in [1.29, 1.82) is 0 Å². The van der Waals surface area contributed by atoms with Crippen molar-refractivity contribution in [2.75, 3.05) is 13.1 Å². The molecule has 0 radical (unpaired) electrons. The number of carbonyl (C=O) groups is 1. The topological polar surface area (TPSA) is 20.3 Å². The molecule has 0 bridgehead atoms. The predicted molar refractivity (Wildman–Crippen MR) is 79.6 cm³/mol. The third-order valence-electron chi connectivity index (χ3n) is 4.39. The van der Waals surface area contributed by atoms with Crippen molar-refractivity contribution in [3.8, 4) is 0 Å². The van der Waals surface area contributed by atoms with Crippen molar-refractivity contribution in [1.82, 2.24) is 4.90 Å². The van der Waals surface area contributed by atoms with E-state index in [0.29, 0.717) is 0 Å². The number of likely N-dealkylation sites (tertiary alicyclic amines) is 1. The van der Waals surface area contributed by atoms with Crippen LogP contribution in [0.3, 0.4) is 0 Å².